The number of unbranched alkanes of at least 4 members (excludes halogenated alkanes) is 1. The molecule has 0 aliphatic rings. The Labute approximate surface area is 147 Å². The molecular formula is C19H19Cl2NO. The molecule has 0 bridgehead atoms. The number of hydrogen-bond acceptors (Lipinski definition) is 1. The van der Waals surface area contributed by atoms with Gasteiger partial charge in [-0.25, -0.2) is 0 Å². The van der Waals surface area contributed by atoms with E-state index in [-0.39, 0.29) is 5.91 Å². The standard InChI is InChI=1S/C19H19Cl2NO/c20-17-10-11-18(21)16(14-17)9-12-19(23)22-13-5-4-8-15-6-2-1-3-7-15/h1-3,6-7,9-12,14H,4-5,8,13H2,(H,22,23). The zero-order valence-corrected chi connectivity index (χ0v) is 14.3. The molecule has 0 heterocycles. The van der Waals surface area contributed by atoms with Crippen molar-refractivity contribution < 1.29 is 4.79 Å². The lowest BCUT2D eigenvalue weighted by Crippen LogP contribution is -2.22. The average molecular weight is 348 g/mol. The first-order chi connectivity index (χ1) is 11.1. The fourth-order valence-electron chi connectivity index (χ4n) is 2.18. The summed E-state index contributed by atoms with van der Waals surface area (Å²) in [4.78, 5) is 11.8. The molecule has 0 aliphatic heterocycles. The summed E-state index contributed by atoms with van der Waals surface area (Å²) in [5.41, 5.74) is 2.06. The topological polar surface area (TPSA) is 29.1 Å². The van der Waals surface area contributed by atoms with Gasteiger partial charge in [-0.2, -0.15) is 0 Å². The highest BCUT2D eigenvalue weighted by atomic mass is 35.5. The number of rotatable bonds is 7. The summed E-state index contributed by atoms with van der Waals surface area (Å²) in [5, 5.41) is 4.04. The van der Waals surface area contributed by atoms with Crippen molar-refractivity contribution in [1.82, 2.24) is 5.32 Å². The molecule has 4 heteroatoms. The van der Waals surface area contributed by atoms with Gasteiger partial charge in [-0.05, 0) is 54.7 Å². The summed E-state index contributed by atoms with van der Waals surface area (Å²) < 4.78 is 0. The van der Waals surface area contributed by atoms with Crippen LogP contribution in [-0.2, 0) is 11.2 Å². The molecule has 0 aliphatic carbocycles. The number of carbonyl (C=O) groups excluding carboxylic acids is 1. The van der Waals surface area contributed by atoms with Gasteiger partial charge in [0, 0.05) is 22.7 Å². The quantitative estimate of drug-likeness (QED) is 0.544. The first-order valence-electron chi connectivity index (χ1n) is 7.60. The maximum atomic E-state index is 11.8. The van der Waals surface area contributed by atoms with Crippen LogP contribution in [0.5, 0.6) is 0 Å². The summed E-state index contributed by atoms with van der Waals surface area (Å²) in [7, 11) is 0. The van der Waals surface area contributed by atoms with Crippen LogP contribution in [0.1, 0.15) is 24.0 Å². The van der Waals surface area contributed by atoms with Gasteiger partial charge in [0.1, 0.15) is 0 Å². The van der Waals surface area contributed by atoms with Gasteiger partial charge in [0.2, 0.25) is 5.91 Å². The molecule has 0 saturated heterocycles. The second-order valence-corrected chi connectivity index (χ2v) is 6.08. The van der Waals surface area contributed by atoms with Crippen molar-refractivity contribution in [2.24, 2.45) is 0 Å². The highest BCUT2D eigenvalue weighted by molar-refractivity contribution is 6.34. The summed E-state index contributed by atoms with van der Waals surface area (Å²) in [5.74, 6) is -0.124. The smallest absolute Gasteiger partial charge is 0.243 e. The van der Waals surface area contributed by atoms with Crippen LogP contribution in [-0.4, -0.2) is 12.5 Å². The third kappa shape index (κ3) is 6.47. The minimum Gasteiger partial charge on any atom is -0.353 e. The van der Waals surface area contributed by atoms with Crippen LogP contribution >= 0.6 is 23.2 Å². The van der Waals surface area contributed by atoms with Gasteiger partial charge in [-0.3, -0.25) is 4.79 Å². The average Bonchev–Trinajstić information content (AvgIpc) is 2.56. The summed E-state index contributed by atoms with van der Waals surface area (Å²) >= 11 is 11.9. The van der Waals surface area contributed by atoms with Gasteiger partial charge in [0.05, 0.1) is 0 Å². The van der Waals surface area contributed by atoms with Gasteiger partial charge in [-0.15, -0.1) is 0 Å². The van der Waals surface area contributed by atoms with Crippen LogP contribution in [0.15, 0.2) is 54.6 Å². The molecular weight excluding hydrogens is 329 g/mol. The van der Waals surface area contributed by atoms with Crippen LogP contribution in [0.2, 0.25) is 10.0 Å². The first-order valence-corrected chi connectivity index (χ1v) is 8.35. The lowest BCUT2D eigenvalue weighted by atomic mass is 10.1. The SMILES string of the molecule is O=C(C=Cc1cc(Cl)ccc1Cl)NCCCCc1ccccc1. The molecule has 2 aromatic carbocycles. The number of hydrogen-bond donors (Lipinski definition) is 1. The third-order valence-electron chi connectivity index (χ3n) is 3.41. The molecule has 2 rings (SSSR count). The van der Waals surface area contributed by atoms with E-state index in [0.29, 0.717) is 16.6 Å². The van der Waals surface area contributed by atoms with E-state index in [2.05, 4.69) is 17.4 Å². The van der Waals surface area contributed by atoms with E-state index in [0.717, 1.165) is 24.8 Å². The van der Waals surface area contributed by atoms with Crippen LogP contribution < -0.4 is 5.32 Å². The predicted octanol–water partition coefficient (Wildman–Crippen LogP) is 5.15. The van der Waals surface area contributed by atoms with Crippen LogP contribution in [0, 0.1) is 0 Å². The molecule has 0 fully saturated rings. The Kier molecular flexibility index (Phi) is 7.18. The van der Waals surface area contributed by atoms with Crippen LogP contribution in [0.4, 0.5) is 0 Å². The lowest BCUT2D eigenvalue weighted by molar-refractivity contribution is -0.116. The van der Waals surface area contributed by atoms with Crippen molar-refractivity contribution in [3.63, 3.8) is 0 Å². The van der Waals surface area contributed by atoms with Crippen molar-refractivity contribution in [2.45, 2.75) is 19.3 Å². The van der Waals surface area contributed by atoms with E-state index in [1.165, 1.54) is 11.6 Å². The predicted molar refractivity (Wildman–Crippen MR) is 97.9 cm³/mol. The van der Waals surface area contributed by atoms with Crippen LogP contribution in [0.3, 0.4) is 0 Å². The van der Waals surface area contributed by atoms with E-state index >= 15 is 0 Å². The number of benzene rings is 2. The molecule has 2 aromatic rings. The molecule has 0 radical (unpaired) electrons. The summed E-state index contributed by atoms with van der Waals surface area (Å²) in [6, 6.07) is 15.5. The normalized spacial score (nSPS) is 10.9. The van der Waals surface area contributed by atoms with Crippen molar-refractivity contribution in [1.29, 1.82) is 0 Å². The molecule has 0 unspecified atom stereocenters. The third-order valence-corrected chi connectivity index (χ3v) is 3.99. The zero-order chi connectivity index (χ0) is 16.5. The number of aryl methyl sites for hydroxylation is 1. The largest absolute Gasteiger partial charge is 0.353 e. The Morgan fingerprint density at radius 1 is 1.04 bits per heavy atom. The first kappa shape index (κ1) is 17.6. The van der Waals surface area contributed by atoms with Gasteiger partial charge in [-0.1, -0.05) is 53.5 Å². The highest BCUT2D eigenvalue weighted by Gasteiger charge is 2.00. The number of carbonyl (C=O) groups is 1. The Bertz CT molecular complexity index is 668. The van der Waals surface area contributed by atoms with Gasteiger partial charge in [0.15, 0.2) is 0 Å². The molecule has 1 N–H and O–H groups in total. The monoisotopic (exact) mass is 347 g/mol. The van der Waals surface area contributed by atoms with Gasteiger partial charge >= 0.3 is 0 Å². The van der Waals surface area contributed by atoms with E-state index in [4.69, 9.17) is 23.2 Å². The molecule has 120 valence electrons. The zero-order valence-electron chi connectivity index (χ0n) is 12.8. The number of nitrogens with one attached hydrogen (secondary N) is 1. The fourth-order valence-corrected chi connectivity index (χ4v) is 2.54. The minimum absolute atomic E-state index is 0.124. The molecule has 0 spiro atoms. The Balaban J connectivity index is 1.69. The molecule has 2 nitrogen and oxygen atoms in total. The number of amides is 1. The van der Waals surface area contributed by atoms with Crippen molar-refractivity contribution in [3.8, 4) is 0 Å². The second-order valence-electron chi connectivity index (χ2n) is 5.23. The molecule has 0 aromatic heterocycles. The van der Waals surface area contributed by atoms with Crippen LogP contribution in [0.25, 0.3) is 6.08 Å². The summed E-state index contributed by atoms with van der Waals surface area (Å²) in [6.07, 6.45) is 6.19. The van der Waals surface area contributed by atoms with E-state index in [1.807, 2.05) is 18.2 Å². The van der Waals surface area contributed by atoms with Gasteiger partial charge < -0.3 is 5.32 Å². The van der Waals surface area contributed by atoms with E-state index in [1.54, 1.807) is 24.3 Å². The van der Waals surface area contributed by atoms with Gasteiger partial charge in [0.25, 0.3) is 0 Å². The highest BCUT2D eigenvalue weighted by Crippen LogP contribution is 2.21. The molecule has 0 saturated carbocycles. The molecule has 0 atom stereocenters. The van der Waals surface area contributed by atoms with Crippen molar-refractivity contribution >= 4 is 35.2 Å². The van der Waals surface area contributed by atoms with E-state index < -0.39 is 0 Å². The second kappa shape index (κ2) is 9.39. The molecule has 23 heavy (non-hydrogen) atoms. The van der Waals surface area contributed by atoms with Crippen molar-refractivity contribution in [3.05, 3.63) is 75.8 Å². The van der Waals surface area contributed by atoms with E-state index in [9.17, 15) is 4.79 Å². The minimum atomic E-state index is -0.124. The maximum absolute atomic E-state index is 11.8. The van der Waals surface area contributed by atoms with Crippen molar-refractivity contribution in [2.75, 3.05) is 6.54 Å². The lowest BCUT2D eigenvalue weighted by Gasteiger charge is -2.03. The molecule has 1 amide bonds. The maximum Gasteiger partial charge on any atom is 0.243 e. The number of halogens is 2. The Morgan fingerprint density at radius 3 is 2.61 bits per heavy atom. The Morgan fingerprint density at radius 2 is 1.83 bits per heavy atom. The fraction of sp³-hybridized carbons (Fsp3) is 0.211. The Hall–Kier alpha value is -1.77. The summed E-state index contributed by atoms with van der Waals surface area (Å²) in [6.45, 7) is 0.666.